The van der Waals surface area contributed by atoms with Gasteiger partial charge >= 0.3 is 0 Å². The maximum absolute atomic E-state index is 13.4. The van der Waals surface area contributed by atoms with Crippen LogP contribution in [0.25, 0.3) is 0 Å². The van der Waals surface area contributed by atoms with Crippen LogP contribution in [0.3, 0.4) is 0 Å². The van der Waals surface area contributed by atoms with Gasteiger partial charge in [-0.1, -0.05) is 11.6 Å². The molecule has 1 aromatic carbocycles. The highest BCUT2D eigenvalue weighted by atomic mass is 35.5. The van der Waals surface area contributed by atoms with E-state index in [1.54, 1.807) is 0 Å². The van der Waals surface area contributed by atoms with Crippen molar-refractivity contribution in [1.29, 1.82) is 0 Å². The third-order valence-electron chi connectivity index (χ3n) is 2.11. The van der Waals surface area contributed by atoms with Crippen LogP contribution < -0.4 is 10.0 Å². The first-order chi connectivity index (χ1) is 8.36. The lowest BCUT2D eigenvalue weighted by molar-refractivity contribution is -0.120. The molecule has 18 heavy (non-hydrogen) atoms. The molecule has 0 heterocycles. The molecule has 0 spiro atoms. The molecule has 100 valence electrons. The van der Waals surface area contributed by atoms with E-state index in [9.17, 15) is 17.6 Å². The second kappa shape index (κ2) is 6.12. The molecule has 1 rings (SSSR count). The van der Waals surface area contributed by atoms with Crippen molar-refractivity contribution in [2.45, 2.75) is 11.3 Å². The van der Waals surface area contributed by atoms with Gasteiger partial charge in [-0.3, -0.25) is 4.79 Å². The van der Waals surface area contributed by atoms with Crippen molar-refractivity contribution in [3.05, 3.63) is 29.0 Å². The second-order valence-electron chi connectivity index (χ2n) is 3.40. The molecule has 1 aromatic rings. The number of nitrogens with one attached hydrogen (secondary N) is 2. The zero-order valence-corrected chi connectivity index (χ0v) is 11.1. The van der Waals surface area contributed by atoms with Crippen molar-refractivity contribution in [3.63, 3.8) is 0 Å². The van der Waals surface area contributed by atoms with Gasteiger partial charge in [-0.05, 0) is 18.2 Å². The van der Waals surface area contributed by atoms with Gasteiger partial charge in [-0.25, -0.2) is 17.5 Å². The van der Waals surface area contributed by atoms with Gasteiger partial charge in [-0.2, -0.15) is 0 Å². The molecule has 0 fully saturated rings. The van der Waals surface area contributed by atoms with Gasteiger partial charge in [0.15, 0.2) is 0 Å². The van der Waals surface area contributed by atoms with Crippen molar-refractivity contribution < 1.29 is 17.6 Å². The van der Waals surface area contributed by atoms with E-state index >= 15 is 0 Å². The number of hydrogen-bond acceptors (Lipinski definition) is 3. The topological polar surface area (TPSA) is 75.3 Å². The van der Waals surface area contributed by atoms with Gasteiger partial charge in [0.1, 0.15) is 10.7 Å². The van der Waals surface area contributed by atoms with Crippen molar-refractivity contribution in [2.24, 2.45) is 0 Å². The summed E-state index contributed by atoms with van der Waals surface area (Å²) in [5, 5.41) is 2.45. The number of hydrogen-bond donors (Lipinski definition) is 2. The first-order valence-electron chi connectivity index (χ1n) is 5.02. The monoisotopic (exact) mass is 294 g/mol. The molecule has 0 radical (unpaired) electrons. The van der Waals surface area contributed by atoms with E-state index in [2.05, 4.69) is 10.0 Å². The van der Waals surface area contributed by atoms with Crippen LogP contribution in [0.4, 0.5) is 4.39 Å². The fourth-order valence-electron chi connectivity index (χ4n) is 1.19. The number of carbonyl (C=O) groups excluding carboxylic acids is 1. The van der Waals surface area contributed by atoms with E-state index in [0.717, 1.165) is 12.1 Å². The van der Waals surface area contributed by atoms with Crippen LogP contribution in [0.15, 0.2) is 23.1 Å². The van der Waals surface area contributed by atoms with Crippen molar-refractivity contribution in [2.75, 3.05) is 13.6 Å². The SMILES string of the molecule is CNC(=O)CCNS(=O)(=O)c1ccc(Cl)cc1F. The van der Waals surface area contributed by atoms with Crippen LogP contribution in [0.5, 0.6) is 0 Å². The number of amides is 1. The molecule has 0 aliphatic heterocycles. The van der Waals surface area contributed by atoms with Gasteiger partial charge in [0.2, 0.25) is 15.9 Å². The summed E-state index contributed by atoms with van der Waals surface area (Å²) in [4.78, 5) is 10.4. The molecule has 1 amide bonds. The van der Waals surface area contributed by atoms with Crippen LogP contribution in [0.2, 0.25) is 5.02 Å². The highest BCUT2D eigenvalue weighted by molar-refractivity contribution is 7.89. The Morgan fingerprint density at radius 2 is 2.11 bits per heavy atom. The first kappa shape index (κ1) is 14.9. The minimum absolute atomic E-state index is 0.0229. The number of rotatable bonds is 5. The highest BCUT2D eigenvalue weighted by Gasteiger charge is 2.18. The smallest absolute Gasteiger partial charge is 0.243 e. The molecular formula is C10H12ClFN2O3S. The summed E-state index contributed by atoms with van der Waals surface area (Å²) in [6, 6.07) is 3.26. The highest BCUT2D eigenvalue weighted by Crippen LogP contribution is 2.18. The molecule has 0 saturated carbocycles. The van der Waals surface area contributed by atoms with Crippen molar-refractivity contribution >= 4 is 27.5 Å². The zero-order chi connectivity index (χ0) is 13.8. The Morgan fingerprint density at radius 3 is 2.67 bits per heavy atom. The molecule has 0 bridgehead atoms. The third kappa shape index (κ3) is 3.94. The Hall–Kier alpha value is -1.18. The summed E-state index contributed by atoms with van der Waals surface area (Å²) in [7, 11) is -2.54. The number of benzene rings is 1. The van der Waals surface area contributed by atoms with Gasteiger partial charge in [0.05, 0.1) is 0 Å². The Kier molecular flexibility index (Phi) is 5.06. The minimum Gasteiger partial charge on any atom is -0.359 e. The Balaban J connectivity index is 2.77. The number of halogens is 2. The molecule has 0 aromatic heterocycles. The summed E-state index contributed by atoms with van der Waals surface area (Å²) >= 11 is 5.52. The summed E-state index contributed by atoms with van der Waals surface area (Å²) in [6.45, 7) is -0.107. The van der Waals surface area contributed by atoms with E-state index in [1.807, 2.05) is 0 Å². The number of sulfonamides is 1. The van der Waals surface area contributed by atoms with Gasteiger partial charge in [0.25, 0.3) is 0 Å². The van der Waals surface area contributed by atoms with E-state index in [-0.39, 0.29) is 23.9 Å². The standard InChI is InChI=1S/C10H12ClFN2O3S/c1-13-10(15)4-5-14-18(16,17)9-3-2-7(11)6-8(9)12/h2-3,6,14H,4-5H2,1H3,(H,13,15). The van der Waals surface area contributed by atoms with Crippen LogP contribution in [-0.2, 0) is 14.8 Å². The number of carbonyl (C=O) groups is 1. The molecule has 0 aliphatic rings. The molecule has 0 atom stereocenters. The molecule has 0 aliphatic carbocycles. The maximum atomic E-state index is 13.4. The predicted molar refractivity (Wildman–Crippen MR) is 65.3 cm³/mol. The van der Waals surface area contributed by atoms with Gasteiger partial charge in [-0.15, -0.1) is 0 Å². The van der Waals surface area contributed by atoms with Crippen LogP contribution in [0.1, 0.15) is 6.42 Å². The summed E-state index contributed by atoms with van der Waals surface area (Å²) in [6.07, 6.45) is -0.0229. The van der Waals surface area contributed by atoms with E-state index < -0.39 is 20.7 Å². The molecule has 2 N–H and O–H groups in total. The average Bonchev–Trinajstić information content (AvgIpc) is 2.27. The van der Waals surface area contributed by atoms with Crippen molar-refractivity contribution in [3.8, 4) is 0 Å². The lowest BCUT2D eigenvalue weighted by atomic mass is 10.3. The van der Waals surface area contributed by atoms with E-state index in [1.165, 1.54) is 13.1 Å². The van der Waals surface area contributed by atoms with Gasteiger partial charge < -0.3 is 5.32 Å². The third-order valence-corrected chi connectivity index (χ3v) is 3.84. The van der Waals surface area contributed by atoms with E-state index in [4.69, 9.17) is 11.6 Å². The quantitative estimate of drug-likeness (QED) is 0.847. The van der Waals surface area contributed by atoms with Crippen LogP contribution in [0, 0.1) is 5.82 Å². The van der Waals surface area contributed by atoms with Crippen LogP contribution >= 0.6 is 11.6 Å². The predicted octanol–water partition coefficient (Wildman–Crippen LogP) is 0.894. The first-order valence-corrected chi connectivity index (χ1v) is 6.88. The zero-order valence-electron chi connectivity index (χ0n) is 9.54. The lowest BCUT2D eigenvalue weighted by Gasteiger charge is -2.07. The fraction of sp³-hybridized carbons (Fsp3) is 0.300. The minimum atomic E-state index is -3.98. The summed E-state index contributed by atoms with van der Waals surface area (Å²) in [5.41, 5.74) is 0. The van der Waals surface area contributed by atoms with Crippen LogP contribution in [-0.4, -0.2) is 27.9 Å². The average molecular weight is 295 g/mol. The molecule has 8 heteroatoms. The Labute approximate surface area is 109 Å². The molecular weight excluding hydrogens is 283 g/mol. The fourth-order valence-corrected chi connectivity index (χ4v) is 2.44. The molecule has 0 unspecified atom stereocenters. The Bertz CT molecular complexity index is 548. The summed E-state index contributed by atoms with van der Waals surface area (Å²) in [5.74, 6) is -1.25. The lowest BCUT2D eigenvalue weighted by Crippen LogP contribution is -2.29. The van der Waals surface area contributed by atoms with Crippen molar-refractivity contribution in [1.82, 2.24) is 10.0 Å². The summed E-state index contributed by atoms with van der Waals surface area (Å²) < 4.78 is 39.0. The van der Waals surface area contributed by atoms with E-state index in [0.29, 0.717) is 0 Å². The molecule has 5 nitrogen and oxygen atoms in total. The largest absolute Gasteiger partial charge is 0.359 e. The Morgan fingerprint density at radius 1 is 1.44 bits per heavy atom. The second-order valence-corrected chi connectivity index (χ2v) is 5.57. The van der Waals surface area contributed by atoms with Gasteiger partial charge in [0, 0.05) is 25.0 Å². The molecule has 0 saturated heterocycles. The normalized spacial score (nSPS) is 11.3. The maximum Gasteiger partial charge on any atom is 0.243 e.